The van der Waals surface area contributed by atoms with Crippen LogP contribution in [0, 0.1) is 0 Å². The highest BCUT2D eigenvalue weighted by molar-refractivity contribution is 7.81. The molecule has 3 aromatic carbocycles. The summed E-state index contributed by atoms with van der Waals surface area (Å²) in [5, 5.41) is 16.2. The van der Waals surface area contributed by atoms with E-state index in [-0.39, 0.29) is 0 Å². The predicted octanol–water partition coefficient (Wildman–Crippen LogP) is 6.27. The van der Waals surface area contributed by atoms with Gasteiger partial charge in [0.15, 0.2) is 10.2 Å². The molecule has 0 aliphatic heterocycles. The predicted molar refractivity (Wildman–Crippen MR) is 143 cm³/mol. The number of aromatic nitrogens is 2. The second-order valence-corrected chi connectivity index (χ2v) is 8.04. The van der Waals surface area contributed by atoms with Crippen LogP contribution in [-0.4, -0.2) is 20.2 Å². The Morgan fingerprint density at radius 2 is 0.969 bits per heavy atom. The van der Waals surface area contributed by atoms with Gasteiger partial charge in [0.2, 0.25) is 0 Å². The van der Waals surface area contributed by atoms with Crippen molar-refractivity contribution in [3.63, 3.8) is 0 Å². The van der Waals surface area contributed by atoms with Gasteiger partial charge in [-0.2, -0.15) is 0 Å². The van der Waals surface area contributed by atoms with E-state index in [2.05, 4.69) is 31.2 Å². The Morgan fingerprint density at radius 1 is 0.531 bits per heavy atom. The highest BCUT2D eigenvalue weighted by Crippen LogP contribution is 2.24. The van der Waals surface area contributed by atoms with Crippen molar-refractivity contribution in [1.82, 2.24) is 9.97 Å². The van der Waals surface area contributed by atoms with E-state index in [1.165, 1.54) is 0 Å². The molecule has 6 N–H and O–H groups in total. The molecule has 0 atom stereocenters. The average Bonchev–Trinajstić information content (AvgIpc) is 3.45. The average molecular weight is 457 g/mol. The Kier molecular flexibility index (Phi) is 5.45. The molecular formula is C24H20N6S2. The van der Waals surface area contributed by atoms with E-state index >= 15 is 0 Å². The summed E-state index contributed by atoms with van der Waals surface area (Å²) in [6.45, 7) is 0. The Balaban J connectivity index is 1.19. The molecule has 0 amide bonds. The van der Waals surface area contributed by atoms with Crippen molar-refractivity contribution in [2.75, 3.05) is 21.3 Å². The molecule has 0 bridgehead atoms. The van der Waals surface area contributed by atoms with Gasteiger partial charge in [0.05, 0.1) is 0 Å². The molecule has 32 heavy (non-hydrogen) atoms. The van der Waals surface area contributed by atoms with Crippen LogP contribution in [0.3, 0.4) is 0 Å². The Morgan fingerprint density at radius 3 is 1.41 bits per heavy atom. The minimum Gasteiger partial charge on any atom is -0.361 e. The minimum atomic E-state index is 0.524. The molecule has 0 radical (unpaired) electrons. The molecule has 0 unspecified atom stereocenters. The zero-order valence-corrected chi connectivity index (χ0v) is 18.5. The topological polar surface area (TPSA) is 79.7 Å². The number of hydrogen-bond acceptors (Lipinski definition) is 2. The number of thiocarbonyl (C=S) groups is 2. The van der Waals surface area contributed by atoms with Crippen LogP contribution in [0.1, 0.15) is 0 Å². The SMILES string of the molecule is S=C(Nc1ccc(NC(=S)Nc2cccc3[nH]ccc23)cc1)Nc1cccc2[nH]ccc12. The fraction of sp³-hybridized carbons (Fsp3) is 0. The van der Waals surface area contributed by atoms with Crippen molar-refractivity contribution < 1.29 is 0 Å². The quantitative estimate of drug-likeness (QED) is 0.179. The minimum absolute atomic E-state index is 0.524. The van der Waals surface area contributed by atoms with Crippen LogP contribution in [0.4, 0.5) is 22.7 Å². The molecule has 6 nitrogen and oxygen atoms in total. The number of benzene rings is 3. The van der Waals surface area contributed by atoms with Gasteiger partial charge >= 0.3 is 0 Å². The number of aromatic amines is 2. The van der Waals surface area contributed by atoms with Gasteiger partial charge < -0.3 is 31.2 Å². The van der Waals surface area contributed by atoms with Gasteiger partial charge in [0.1, 0.15) is 0 Å². The fourth-order valence-corrected chi connectivity index (χ4v) is 4.05. The van der Waals surface area contributed by atoms with E-state index < -0.39 is 0 Å². The Hall–Kier alpha value is -3.88. The monoisotopic (exact) mass is 456 g/mol. The van der Waals surface area contributed by atoms with Crippen LogP contribution in [-0.2, 0) is 0 Å². The molecule has 0 aliphatic carbocycles. The van der Waals surface area contributed by atoms with Crippen LogP contribution in [0.2, 0.25) is 0 Å². The van der Waals surface area contributed by atoms with E-state index in [0.717, 1.165) is 44.6 Å². The second kappa shape index (κ2) is 8.70. The zero-order chi connectivity index (χ0) is 21.9. The molecule has 158 valence electrons. The number of rotatable bonds is 4. The first-order valence-electron chi connectivity index (χ1n) is 10.0. The van der Waals surface area contributed by atoms with E-state index in [9.17, 15) is 0 Å². The Labute approximate surface area is 195 Å². The highest BCUT2D eigenvalue weighted by Gasteiger charge is 2.06. The molecule has 0 fully saturated rings. The summed E-state index contributed by atoms with van der Waals surface area (Å²) in [4.78, 5) is 6.40. The number of anilines is 4. The fourth-order valence-electron chi connectivity index (χ4n) is 3.60. The van der Waals surface area contributed by atoms with E-state index in [0.29, 0.717) is 10.2 Å². The molecule has 5 aromatic rings. The van der Waals surface area contributed by atoms with Gasteiger partial charge in [-0.25, -0.2) is 0 Å². The first-order chi connectivity index (χ1) is 15.7. The smallest absolute Gasteiger partial charge is 0.175 e. The second-order valence-electron chi connectivity index (χ2n) is 7.22. The van der Waals surface area contributed by atoms with Gasteiger partial charge in [-0.3, -0.25) is 0 Å². The van der Waals surface area contributed by atoms with E-state index in [1.54, 1.807) is 0 Å². The van der Waals surface area contributed by atoms with Crippen LogP contribution in [0.15, 0.2) is 85.2 Å². The van der Waals surface area contributed by atoms with Crippen molar-refractivity contribution in [1.29, 1.82) is 0 Å². The van der Waals surface area contributed by atoms with Crippen LogP contribution in [0.25, 0.3) is 21.8 Å². The summed E-state index contributed by atoms with van der Waals surface area (Å²) in [6, 6.07) is 23.9. The number of hydrogen-bond donors (Lipinski definition) is 6. The molecule has 0 aliphatic rings. The van der Waals surface area contributed by atoms with E-state index in [1.807, 2.05) is 85.2 Å². The van der Waals surface area contributed by atoms with Gasteiger partial charge in [-0.1, -0.05) is 12.1 Å². The summed E-state index contributed by atoms with van der Waals surface area (Å²) >= 11 is 11.0. The third-order valence-electron chi connectivity index (χ3n) is 5.09. The lowest BCUT2D eigenvalue weighted by Crippen LogP contribution is -2.20. The van der Waals surface area contributed by atoms with Gasteiger partial charge in [-0.15, -0.1) is 0 Å². The van der Waals surface area contributed by atoms with Crippen molar-refractivity contribution in [2.24, 2.45) is 0 Å². The van der Waals surface area contributed by atoms with Crippen LogP contribution in [0.5, 0.6) is 0 Å². The molecule has 5 rings (SSSR count). The normalized spacial score (nSPS) is 10.8. The summed E-state index contributed by atoms with van der Waals surface area (Å²) in [5.74, 6) is 0. The largest absolute Gasteiger partial charge is 0.361 e. The molecular weight excluding hydrogens is 436 g/mol. The third-order valence-corrected chi connectivity index (χ3v) is 5.50. The third kappa shape index (κ3) is 4.27. The van der Waals surface area contributed by atoms with Gasteiger partial charge in [0, 0.05) is 56.9 Å². The Bertz CT molecular complexity index is 1310. The first-order valence-corrected chi connectivity index (χ1v) is 10.9. The summed E-state index contributed by atoms with van der Waals surface area (Å²) < 4.78 is 0. The molecule has 8 heteroatoms. The lowest BCUT2D eigenvalue weighted by molar-refractivity contribution is 1.48. The first kappa shape index (κ1) is 20.0. The van der Waals surface area contributed by atoms with Crippen molar-refractivity contribution in [3.8, 4) is 0 Å². The summed E-state index contributed by atoms with van der Waals surface area (Å²) in [5.41, 5.74) is 5.79. The summed E-state index contributed by atoms with van der Waals surface area (Å²) in [6.07, 6.45) is 3.83. The number of H-pyrrole nitrogens is 2. The van der Waals surface area contributed by atoms with Crippen LogP contribution >= 0.6 is 24.4 Å². The van der Waals surface area contributed by atoms with Crippen molar-refractivity contribution in [3.05, 3.63) is 85.2 Å². The lowest BCUT2D eigenvalue weighted by atomic mass is 10.2. The van der Waals surface area contributed by atoms with Crippen molar-refractivity contribution >= 4 is 79.2 Å². The van der Waals surface area contributed by atoms with Crippen LogP contribution < -0.4 is 21.3 Å². The standard InChI is InChI=1S/C24H20N6S2/c31-23(29-21-5-1-3-19-17(21)11-13-25-19)27-15-7-9-16(10-8-15)28-24(32)30-22-6-2-4-20-18(22)12-14-26-20/h1-14,25-26H,(H2,27,29,31)(H2,28,30,32). The molecule has 0 saturated carbocycles. The molecule has 0 saturated heterocycles. The van der Waals surface area contributed by atoms with Gasteiger partial charge in [0.25, 0.3) is 0 Å². The molecule has 2 heterocycles. The lowest BCUT2D eigenvalue weighted by Gasteiger charge is -2.13. The highest BCUT2D eigenvalue weighted by atomic mass is 32.1. The summed E-state index contributed by atoms with van der Waals surface area (Å²) in [7, 11) is 0. The maximum absolute atomic E-state index is 5.48. The van der Waals surface area contributed by atoms with Gasteiger partial charge in [-0.05, 0) is 85.1 Å². The van der Waals surface area contributed by atoms with E-state index in [4.69, 9.17) is 24.4 Å². The zero-order valence-electron chi connectivity index (χ0n) is 16.9. The van der Waals surface area contributed by atoms with Crippen molar-refractivity contribution in [2.45, 2.75) is 0 Å². The number of fused-ring (bicyclic) bond motifs is 2. The maximum Gasteiger partial charge on any atom is 0.175 e. The molecule has 0 spiro atoms. The number of nitrogens with one attached hydrogen (secondary N) is 6. The maximum atomic E-state index is 5.48. The molecule has 2 aromatic heterocycles.